The van der Waals surface area contributed by atoms with Crippen LogP contribution in [0.15, 0.2) is 53.5 Å². The molecule has 96 valence electrons. The number of nitrogens with zero attached hydrogens (tertiary/aromatic N) is 1. The molecule has 0 N–H and O–H groups in total. The highest BCUT2D eigenvalue weighted by atomic mass is 16.1. The van der Waals surface area contributed by atoms with Crippen LogP contribution in [-0.4, -0.2) is 6.08 Å². The molecular formula is C17H17NO. The maximum Gasteiger partial charge on any atom is 0.240 e. The largest absolute Gasteiger partial charge is 0.240 e. The lowest BCUT2D eigenvalue weighted by Crippen LogP contribution is -2.10. The van der Waals surface area contributed by atoms with Gasteiger partial charge in [-0.15, -0.1) is 0 Å². The topological polar surface area (TPSA) is 29.4 Å². The highest BCUT2D eigenvalue weighted by molar-refractivity contribution is 5.66. The molecule has 0 atom stereocenters. The van der Waals surface area contributed by atoms with Crippen LogP contribution in [-0.2, 0) is 10.2 Å². The van der Waals surface area contributed by atoms with Gasteiger partial charge in [-0.05, 0) is 34.2 Å². The molecule has 0 unspecified atom stereocenters. The van der Waals surface area contributed by atoms with Crippen molar-refractivity contribution in [2.24, 2.45) is 4.99 Å². The lowest BCUT2D eigenvalue weighted by molar-refractivity contribution is 0.565. The summed E-state index contributed by atoms with van der Waals surface area (Å²) in [4.78, 5) is 13.8. The third-order valence-electron chi connectivity index (χ3n) is 3.13. The Bertz CT molecular complexity index is 597. The summed E-state index contributed by atoms with van der Waals surface area (Å²) in [6, 6.07) is 16.1. The van der Waals surface area contributed by atoms with Crippen molar-refractivity contribution < 1.29 is 4.79 Å². The second kappa shape index (κ2) is 5.21. The van der Waals surface area contributed by atoms with Crippen molar-refractivity contribution in [1.29, 1.82) is 0 Å². The molecule has 0 saturated carbocycles. The van der Waals surface area contributed by atoms with E-state index in [1.165, 1.54) is 5.56 Å². The first kappa shape index (κ1) is 13.3. The smallest absolute Gasteiger partial charge is 0.211 e. The van der Waals surface area contributed by atoms with Gasteiger partial charge in [0.25, 0.3) is 0 Å². The van der Waals surface area contributed by atoms with Gasteiger partial charge < -0.3 is 0 Å². The first-order valence-corrected chi connectivity index (χ1v) is 6.29. The van der Waals surface area contributed by atoms with Gasteiger partial charge in [0.15, 0.2) is 0 Å². The summed E-state index contributed by atoms with van der Waals surface area (Å²) >= 11 is 0. The average Bonchev–Trinajstić information content (AvgIpc) is 2.39. The van der Waals surface area contributed by atoms with Gasteiger partial charge in [-0.3, -0.25) is 0 Å². The molecule has 0 spiro atoms. The van der Waals surface area contributed by atoms with Gasteiger partial charge in [0.1, 0.15) is 0 Å². The van der Waals surface area contributed by atoms with Gasteiger partial charge in [-0.2, -0.15) is 4.99 Å². The maximum absolute atomic E-state index is 10.2. The van der Waals surface area contributed by atoms with Gasteiger partial charge in [-0.25, -0.2) is 4.79 Å². The van der Waals surface area contributed by atoms with Gasteiger partial charge >= 0.3 is 0 Å². The van der Waals surface area contributed by atoms with Gasteiger partial charge in [0, 0.05) is 0 Å². The van der Waals surface area contributed by atoms with Crippen LogP contribution in [0.3, 0.4) is 0 Å². The summed E-state index contributed by atoms with van der Waals surface area (Å²) in [7, 11) is 0. The van der Waals surface area contributed by atoms with Crippen molar-refractivity contribution in [3.05, 3.63) is 54.1 Å². The maximum atomic E-state index is 10.2. The molecule has 2 aromatic carbocycles. The van der Waals surface area contributed by atoms with Gasteiger partial charge in [0.2, 0.25) is 6.08 Å². The first-order valence-electron chi connectivity index (χ1n) is 6.29. The second-order valence-electron chi connectivity index (χ2n) is 5.58. The van der Waals surface area contributed by atoms with Gasteiger partial charge in [-0.1, -0.05) is 57.2 Å². The fourth-order valence-corrected chi connectivity index (χ4v) is 1.94. The van der Waals surface area contributed by atoms with Crippen LogP contribution in [0, 0.1) is 0 Å². The Morgan fingerprint density at radius 1 is 0.842 bits per heavy atom. The highest BCUT2D eigenvalue weighted by Gasteiger charge is 2.12. The number of isocyanates is 1. The van der Waals surface area contributed by atoms with E-state index in [1.807, 2.05) is 24.3 Å². The van der Waals surface area contributed by atoms with Crippen molar-refractivity contribution in [1.82, 2.24) is 0 Å². The van der Waals surface area contributed by atoms with E-state index >= 15 is 0 Å². The lowest BCUT2D eigenvalue weighted by Gasteiger charge is -2.19. The van der Waals surface area contributed by atoms with Crippen LogP contribution in [0.4, 0.5) is 5.69 Å². The molecule has 0 aromatic heterocycles. The number of hydrogen-bond donors (Lipinski definition) is 0. The minimum Gasteiger partial charge on any atom is -0.211 e. The molecule has 2 nitrogen and oxygen atoms in total. The van der Waals surface area contributed by atoms with E-state index in [2.05, 4.69) is 50.0 Å². The summed E-state index contributed by atoms with van der Waals surface area (Å²) in [5, 5.41) is 0. The standard InChI is InChI=1S/C17H17NO/c1-17(2,3)15-8-4-13(5-9-15)14-6-10-16(11-7-14)18-12-19/h4-11H,1-3H3. The molecular weight excluding hydrogens is 234 g/mol. The minimum atomic E-state index is 0.168. The van der Waals surface area contributed by atoms with Crippen LogP contribution in [0.1, 0.15) is 26.3 Å². The molecule has 2 heteroatoms. The predicted octanol–water partition coefficient (Wildman–Crippen LogP) is 4.62. The van der Waals surface area contributed by atoms with E-state index < -0.39 is 0 Å². The Hall–Kier alpha value is -2.18. The van der Waals surface area contributed by atoms with Crippen LogP contribution >= 0.6 is 0 Å². The summed E-state index contributed by atoms with van der Waals surface area (Å²) in [6.45, 7) is 6.61. The van der Waals surface area contributed by atoms with E-state index in [9.17, 15) is 4.79 Å². The number of aliphatic imine (C=N–C) groups is 1. The van der Waals surface area contributed by atoms with E-state index in [1.54, 1.807) is 6.08 Å². The van der Waals surface area contributed by atoms with Crippen molar-refractivity contribution in [3.63, 3.8) is 0 Å². The highest BCUT2D eigenvalue weighted by Crippen LogP contribution is 2.27. The zero-order valence-corrected chi connectivity index (χ0v) is 11.5. The first-order chi connectivity index (χ1) is 9.00. The summed E-state index contributed by atoms with van der Waals surface area (Å²) in [5.41, 5.74) is 4.39. The molecule has 0 aliphatic heterocycles. The van der Waals surface area contributed by atoms with E-state index in [0.29, 0.717) is 5.69 Å². The van der Waals surface area contributed by atoms with Crippen LogP contribution in [0.25, 0.3) is 11.1 Å². The Balaban J connectivity index is 2.29. The molecule has 0 aliphatic carbocycles. The van der Waals surface area contributed by atoms with E-state index in [0.717, 1.165) is 11.1 Å². The summed E-state index contributed by atoms with van der Waals surface area (Å²) < 4.78 is 0. The number of carbonyl (C=O) groups excluding carboxylic acids is 1. The molecule has 0 saturated heterocycles. The zero-order valence-electron chi connectivity index (χ0n) is 11.5. The van der Waals surface area contributed by atoms with Crippen LogP contribution < -0.4 is 0 Å². The molecule has 2 rings (SSSR count). The Morgan fingerprint density at radius 3 is 1.74 bits per heavy atom. The Labute approximate surface area is 113 Å². The molecule has 2 aromatic rings. The quantitative estimate of drug-likeness (QED) is 0.565. The monoisotopic (exact) mass is 251 g/mol. The molecule has 0 radical (unpaired) electrons. The van der Waals surface area contributed by atoms with Crippen molar-refractivity contribution >= 4 is 11.8 Å². The minimum absolute atomic E-state index is 0.168. The molecule has 0 amide bonds. The average molecular weight is 251 g/mol. The Kier molecular flexibility index (Phi) is 3.64. The fourth-order valence-electron chi connectivity index (χ4n) is 1.94. The number of hydrogen-bond acceptors (Lipinski definition) is 2. The van der Waals surface area contributed by atoms with Crippen molar-refractivity contribution in [3.8, 4) is 11.1 Å². The van der Waals surface area contributed by atoms with Crippen LogP contribution in [0.5, 0.6) is 0 Å². The third-order valence-corrected chi connectivity index (χ3v) is 3.13. The number of benzene rings is 2. The van der Waals surface area contributed by atoms with Crippen molar-refractivity contribution in [2.75, 3.05) is 0 Å². The molecule has 0 fully saturated rings. The fraction of sp³-hybridized carbons (Fsp3) is 0.235. The lowest BCUT2D eigenvalue weighted by atomic mass is 9.86. The van der Waals surface area contributed by atoms with E-state index in [4.69, 9.17) is 0 Å². The molecule has 19 heavy (non-hydrogen) atoms. The van der Waals surface area contributed by atoms with E-state index in [-0.39, 0.29) is 5.41 Å². The SMILES string of the molecule is CC(C)(C)c1ccc(-c2ccc(N=C=O)cc2)cc1. The van der Waals surface area contributed by atoms with Crippen molar-refractivity contribution in [2.45, 2.75) is 26.2 Å². The predicted molar refractivity (Wildman–Crippen MR) is 78.4 cm³/mol. The van der Waals surface area contributed by atoms with Crippen LogP contribution in [0.2, 0.25) is 0 Å². The molecule has 0 heterocycles. The molecule has 0 bridgehead atoms. The normalized spacial score (nSPS) is 10.9. The third kappa shape index (κ3) is 3.18. The van der Waals surface area contributed by atoms with Gasteiger partial charge in [0.05, 0.1) is 5.69 Å². The zero-order chi connectivity index (χ0) is 13.9. The number of rotatable bonds is 2. The summed E-state index contributed by atoms with van der Waals surface area (Å²) in [6.07, 6.45) is 1.54. The Morgan fingerprint density at radius 2 is 1.32 bits per heavy atom. The molecule has 0 aliphatic rings. The summed E-state index contributed by atoms with van der Waals surface area (Å²) in [5.74, 6) is 0. The second-order valence-corrected chi connectivity index (χ2v) is 5.58.